The van der Waals surface area contributed by atoms with Crippen LogP contribution in [-0.2, 0) is 4.74 Å². The van der Waals surface area contributed by atoms with Crippen LogP contribution < -0.4 is 4.74 Å². The van der Waals surface area contributed by atoms with E-state index >= 15 is 8.78 Å². The van der Waals surface area contributed by atoms with Gasteiger partial charge >= 0.3 is 0 Å². The van der Waals surface area contributed by atoms with Crippen molar-refractivity contribution in [3.63, 3.8) is 0 Å². The molecule has 0 spiro atoms. The molecule has 2 aromatic heterocycles. The van der Waals surface area contributed by atoms with Gasteiger partial charge in [-0.25, -0.2) is 13.5 Å². The summed E-state index contributed by atoms with van der Waals surface area (Å²) in [7, 11) is 0. The third-order valence-electron chi connectivity index (χ3n) is 6.39. The van der Waals surface area contributed by atoms with Gasteiger partial charge in [-0.3, -0.25) is 0 Å². The lowest BCUT2D eigenvalue weighted by Gasteiger charge is -2.15. The Kier molecular flexibility index (Phi) is 5.87. The van der Waals surface area contributed by atoms with Gasteiger partial charge in [-0.1, -0.05) is 41.6 Å². The minimum absolute atomic E-state index is 0.0288. The molecule has 1 aliphatic rings. The van der Waals surface area contributed by atoms with Crippen LogP contribution >= 0.6 is 0 Å². The minimum Gasteiger partial charge on any atom is -0.456 e. The van der Waals surface area contributed by atoms with Crippen LogP contribution in [0.2, 0.25) is 0 Å². The molecule has 0 amide bonds. The molecular formula is C26H21F2N5O4. The van der Waals surface area contributed by atoms with Gasteiger partial charge in [0, 0.05) is 6.07 Å². The first-order chi connectivity index (χ1) is 18.0. The van der Waals surface area contributed by atoms with Crippen molar-refractivity contribution in [1.82, 2.24) is 25.0 Å². The van der Waals surface area contributed by atoms with Gasteiger partial charge in [0.1, 0.15) is 23.5 Å². The number of nitrogens with one attached hydrogen (secondary N) is 1. The molecule has 6 rings (SSSR count). The number of aromatic amines is 1. The molecule has 3 N–H and O–H groups in total. The van der Waals surface area contributed by atoms with Crippen molar-refractivity contribution in [3.05, 3.63) is 78.6 Å². The summed E-state index contributed by atoms with van der Waals surface area (Å²) in [6.07, 6.45) is 0.693. The van der Waals surface area contributed by atoms with Gasteiger partial charge in [-0.05, 0) is 28.8 Å². The van der Waals surface area contributed by atoms with Crippen LogP contribution in [0.1, 0.15) is 0 Å². The second kappa shape index (κ2) is 9.36. The van der Waals surface area contributed by atoms with Crippen LogP contribution in [0.25, 0.3) is 39.0 Å². The number of aliphatic hydroxyl groups is 2. The SMILES string of the molecule is OC[C@H]1OCC(Oc2nc3c(F)c(-c4ccc(-c5ccc(-n6ccnn6)cc5)cc4)c(F)cc3[nH]2)C1O. The largest absolute Gasteiger partial charge is 0.456 e. The van der Waals surface area contributed by atoms with E-state index in [1.54, 1.807) is 41.3 Å². The van der Waals surface area contributed by atoms with Gasteiger partial charge < -0.3 is 24.7 Å². The monoisotopic (exact) mass is 505 g/mol. The third kappa shape index (κ3) is 4.22. The average Bonchev–Trinajstić information content (AvgIpc) is 3.66. The molecule has 0 saturated carbocycles. The van der Waals surface area contributed by atoms with Crippen LogP contribution in [0.3, 0.4) is 0 Å². The highest BCUT2D eigenvalue weighted by molar-refractivity contribution is 5.84. The Morgan fingerprint density at radius 2 is 1.76 bits per heavy atom. The number of H-pyrrole nitrogens is 1. The van der Waals surface area contributed by atoms with Crippen molar-refractivity contribution in [2.75, 3.05) is 13.2 Å². The molecule has 0 bridgehead atoms. The summed E-state index contributed by atoms with van der Waals surface area (Å²) in [4.78, 5) is 6.85. The van der Waals surface area contributed by atoms with Crippen molar-refractivity contribution in [3.8, 4) is 34.0 Å². The number of rotatable bonds is 6. The number of benzene rings is 3. The molecule has 0 radical (unpaired) electrons. The Morgan fingerprint density at radius 3 is 2.41 bits per heavy atom. The molecule has 2 unspecified atom stereocenters. The number of aromatic nitrogens is 5. The summed E-state index contributed by atoms with van der Waals surface area (Å²) < 4.78 is 42.9. The molecule has 1 fully saturated rings. The Labute approximate surface area is 208 Å². The molecule has 11 heteroatoms. The number of imidazole rings is 1. The molecule has 3 aromatic carbocycles. The zero-order valence-corrected chi connectivity index (χ0v) is 19.3. The Hall–Kier alpha value is -4.19. The summed E-state index contributed by atoms with van der Waals surface area (Å²) in [6, 6.07) is 15.6. The number of halogens is 2. The molecule has 0 aliphatic carbocycles. The van der Waals surface area contributed by atoms with Crippen molar-refractivity contribution < 1.29 is 28.5 Å². The lowest BCUT2D eigenvalue weighted by molar-refractivity contribution is -0.00390. The maximum atomic E-state index is 15.4. The predicted octanol–water partition coefficient (Wildman–Crippen LogP) is 3.26. The molecule has 188 valence electrons. The molecule has 5 aromatic rings. The molecule has 3 heterocycles. The molecule has 1 aliphatic heterocycles. The minimum atomic E-state index is -1.08. The van der Waals surface area contributed by atoms with Gasteiger partial charge in [0.25, 0.3) is 6.01 Å². The number of nitrogens with zero attached hydrogens (tertiary/aromatic N) is 4. The molecule has 37 heavy (non-hydrogen) atoms. The van der Waals surface area contributed by atoms with Crippen LogP contribution in [-0.4, -0.2) is 66.7 Å². The first kappa shape index (κ1) is 23.2. The van der Waals surface area contributed by atoms with Gasteiger partial charge in [-0.2, -0.15) is 4.98 Å². The number of fused-ring (bicyclic) bond motifs is 1. The molecular weight excluding hydrogens is 484 g/mol. The summed E-state index contributed by atoms with van der Waals surface area (Å²) in [5.41, 5.74) is 2.85. The quantitative estimate of drug-likeness (QED) is 0.324. The van der Waals surface area contributed by atoms with Crippen molar-refractivity contribution in [2.24, 2.45) is 0 Å². The Bertz CT molecular complexity index is 1540. The van der Waals surface area contributed by atoms with E-state index in [-0.39, 0.29) is 35.8 Å². The van der Waals surface area contributed by atoms with E-state index in [0.29, 0.717) is 5.56 Å². The van der Waals surface area contributed by atoms with Crippen molar-refractivity contribution >= 4 is 11.0 Å². The molecule has 1 saturated heterocycles. The Morgan fingerprint density at radius 1 is 1.05 bits per heavy atom. The van der Waals surface area contributed by atoms with Crippen LogP contribution in [0.15, 0.2) is 67.0 Å². The predicted molar refractivity (Wildman–Crippen MR) is 129 cm³/mol. The number of ether oxygens (including phenoxy) is 2. The highest BCUT2D eigenvalue weighted by Gasteiger charge is 2.37. The lowest BCUT2D eigenvalue weighted by Crippen LogP contribution is -2.36. The summed E-state index contributed by atoms with van der Waals surface area (Å²) in [6.45, 7) is -0.335. The highest BCUT2D eigenvalue weighted by atomic mass is 19.1. The molecule has 9 nitrogen and oxygen atoms in total. The highest BCUT2D eigenvalue weighted by Crippen LogP contribution is 2.34. The second-order valence-electron chi connectivity index (χ2n) is 8.66. The van der Waals surface area contributed by atoms with E-state index in [9.17, 15) is 10.2 Å². The van der Waals surface area contributed by atoms with Gasteiger partial charge in [-0.15, -0.1) is 5.10 Å². The zero-order chi connectivity index (χ0) is 25.5. The average molecular weight is 505 g/mol. The second-order valence-corrected chi connectivity index (χ2v) is 8.66. The van der Waals surface area contributed by atoms with Gasteiger partial charge in [0.05, 0.1) is 42.4 Å². The van der Waals surface area contributed by atoms with Crippen molar-refractivity contribution in [2.45, 2.75) is 18.3 Å². The van der Waals surface area contributed by atoms with Crippen LogP contribution in [0.5, 0.6) is 6.01 Å². The van der Waals surface area contributed by atoms with E-state index in [2.05, 4.69) is 20.3 Å². The van der Waals surface area contributed by atoms with E-state index in [1.165, 1.54) is 0 Å². The van der Waals surface area contributed by atoms with Crippen LogP contribution in [0.4, 0.5) is 8.78 Å². The normalized spacial score (nSPS) is 19.5. The van der Waals surface area contributed by atoms with Crippen molar-refractivity contribution in [1.29, 1.82) is 0 Å². The third-order valence-corrected chi connectivity index (χ3v) is 6.39. The number of hydrogen-bond acceptors (Lipinski definition) is 7. The topological polar surface area (TPSA) is 118 Å². The summed E-state index contributed by atoms with van der Waals surface area (Å²) >= 11 is 0. The number of hydrogen-bond donors (Lipinski definition) is 3. The van der Waals surface area contributed by atoms with Gasteiger partial charge in [0.15, 0.2) is 11.9 Å². The number of aliphatic hydroxyl groups excluding tert-OH is 2. The fraction of sp³-hybridized carbons (Fsp3) is 0.192. The maximum Gasteiger partial charge on any atom is 0.295 e. The Balaban J connectivity index is 1.26. The summed E-state index contributed by atoms with van der Waals surface area (Å²) in [5.74, 6) is -1.59. The van der Waals surface area contributed by atoms with Gasteiger partial charge in [0.2, 0.25) is 0 Å². The fourth-order valence-corrected chi connectivity index (χ4v) is 4.42. The van der Waals surface area contributed by atoms with E-state index in [4.69, 9.17) is 9.47 Å². The van der Waals surface area contributed by atoms with E-state index in [1.807, 2.05) is 24.3 Å². The standard InChI is InChI=1S/C26H21F2N5O4/c27-18-11-19-24(31-26(30-19)37-21-13-36-20(12-34)25(21)35)23(28)22(18)16-3-1-14(2-4-16)15-5-7-17(8-6-15)33-10-9-29-32-33/h1-11,20-21,25,34-35H,12-13H2,(H,30,31)/t20-,21?,25?/m1/s1. The van der Waals surface area contributed by atoms with Crippen LogP contribution in [0, 0.1) is 11.6 Å². The first-order valence-corrected chi connectivity index (χ1v) is 11.5. The van der Waals surface area contributed by atoms with E-state index < -0.39 is 29.9 Å². The lowest BCUT2D eigenvalue weighted by atomic mass is 9.99. The maximum absolute atomic E-state index is 15.4. The molecule has 3 atom stereocenters. The fourth-order valence-electron chi connectivity index (χ4n) is 4.42. The smallest absolute Gasteiger partial charge is 0.295 e. The van der Waals surface area contributed by atoms with E-state index in [0.717, 1.165) is 22.9 Å². The first-order valence-electron chi connectivity index (χ1n) is 11.5. The summed E-state index contributed by atoms with van der Waals surface area (Å²) in [5, 5.41) is 27.1. The zero-order valence-electron chi connectivity index (χ0n) is 19.3.